The Morgan fingerprint density at radius 3 is 1.47 bits per heavy atom. The summed E-state index contributed by atoms with van der Waals surface area (Å²) in [6, 6.07) is 0. The van der Waals surface area contributed by atoms with Crippen molar-refractivity contribution in [3.8, 4) is 0 Å². The molecule has 1 nitrogen and oxygen atoms in total. The van der Waals surface area contributed by atoms with Gasteiger partial charge in [-0.25, -0.2) is 0 Å². The molecule has 0 amide bonds. The Bertz CT molecular complexity index is 100. The van der Waals surface area contributed by atoms with Crippen LogP contribution in [-0.4, -0.2) is 17.4 Å². The monoisotopic (exact) mass is 230 g/mol. The molecule has 0 aromatic carbocycles. The highest BCUT2D eigenvalue weighted by atomic mass is 19.4. The first-order chi connectivity index (χ1) is 6.83. The number of aliphatic hydroxyl groups excluding tert-OH is 1. The molecule has 0 saturated heterocycles. The number of hydrogen-bond donors (Lipinski definition) is 1. The molecule has 0 aromatic heterocycles. The molecule has 15 heavy (non-hydrogen) atoms. The van der Waals surface area contributed by atoms with Crippen LogP contribution in [0.25, 0.3) is 0 Å². The molecule has 1 atom stereocenters. The summed E-state index contributed by atoms with van der Waals surface area (Å²) in [5.41, 5.74) is 0. The first-order valence-electron chi connectivity index (χ1n) is 5.58. The van der Waals surface area contributed by atoms with E-state index >= 15 is 0 Å². The van der Waals surface area contributed by atoms with Crippen molar-refractivity contribution in [1.82, 2.24) is 0 Å². The average molecular weight is 230 g/mol. The Labute approximate surface area is 91.7 Å². The van der Waals surface area contributed by atoms with Crippen LogP contribution in [0.2, 0.25) is 0 Å². The second-order valence-electron chi connectivity index (χ2n) is 3.00. The van der Waals surface area contributed by atoms with E-state index in [0.717, 1.165) is 12.8 Å². The Kier molecular flexibility index (Phi) is 18.5. The maximum atomic E-state index is 11.1. The van der Waals surface area contributed by atoms with Crippen LogP contribution in [0.1, 0.15) is 60.3 Å². The van der Waals surface area contributed by atoms with Crippen molar-refractivity contribution in [3.63, 3.8) is 0 Å². The van der Waals surface area contributed by atoms with Crippen LogP contribution < -0.4 is 0 Å². The lowest BCUT2D eigenvalue weighted by atomic mass is 10.2. The van der Waals surface area contributed by atoms with Crippen molar-refractivity contribution in [2.24, 2.45) is 0 Å². The van der Waals surface area contributed by atoms with E-state index in [9.17, 15) is 13.2 Å². The first kappa shape index (κ1) is 20.2. The van der Waals surface area contributed by atoms with Gasteiger partial charge in [-0.2, -0.15) is 13.2 Å². The molecule has 0 heterocycles. The summed E-state index contributed by atoms with van der Waals surface area (Å²) in [7, 11) is 0. The molecule has 0 saturated carbocycles. The molecule has 0 radical (unpaired) electrons. The fraction of sp³-hybridized carbons (Fsp3) is 1.00. The Morgan fingerprint density at radius 1 is 1.07 bits per heavy atom. The normalized spacial score (nSPS) is 11.8. The van der Waals surface area contributed by atoms with Gasteiger partial charge in [0, 0.05) is 6.42 Å². The number of hydrogen-bond acceptors (Lipinski definition) is 1. The maximum Gasteiger partial charge on any atom is 0.389 e. The van der Waals surface area contributed by atoms with Crippen LogP contribution in [0, 0.1) is 0 Å². The summed E-state index contributed by atoms with van der Waals surface area (Å²) >= 11 is 0. The van der Waals surface area contributed by atoms with Gasteiger partial charge in [-0.1, -0.05) is 34.1 Å². The summed E-state index contributed by atoms with van der Waals surface area (Å²) in [6.45, 7) is 9.38. The number of aliphatic hydroxyl groups is 1. The van der Waals surface area contributed by atoms with Crippen molar-refractivity contribution in [2.45, 2.75) is 72.6 Å². The van der Waals surface area contributed by atoms with Gasteiger partial charge in [0.2, 0.25) is 0 Å². The zero-order valence-electron chi connectivity index (χ0n) is 10.5. The predicted octanol–water partition coefficient (Wildman–Crippen LogP) is 4.54. The van der Waals surface area contributed by atoms with E-state index < -0.39 is 12.6 Å². The molecule has 1 N–H and O–H groups in total. The molecule has 0 aliphatic rings. The summed E-state index contributed by atoms with van der Waals surface area (Å²) in [5.74, 6) is 0. The minimum absolute atomic E-state index is 0.102. The number of rotatable bonds is 3. The van der Waals surface area contributed by atoms with Gasteiger partial charge >= 0.3 is 6.18 Å². The minimum Gasteiger partial charge on any atom is -0.393 e. The second-order valence-corrected chi connectivity index (χ2v) is 3.00. The fourth-order valence-electron chi connectivity index (χ4n) is 0.701. The molecule has 96 valence electrons. The zero-order valence-corrected chi connectivity index (χ0v) is 10.5. The third-order valence-corrected chi connectivity index (χ3v) is 1.24. The molecular formula is C11H25F3O. The van der Waals surface area contributed by atoms with E-state index in [1.54, 1.807) is 0 Å². The van der Waals surface area contributed by atoms with Gasteiger partial charge in [-0.15, -0.1) is 0 Å². The van der Waals surface area contributed by atoms with Crippen LogP contribution in [0.3, 0.4) is 0 Å². The number of alkyl halides is 3. The highest BCUT2D eigenvalue weighted by Crippen LogP contribution is 2.20. The average Bonchev–Trinajstić information content (AvgIpc) is 2.06. The van der Waals surface area contributed by atoms with E-state index in [1.807, 2.05) is 20.8 Å². The van der Waals surface area contributed by atoms with E-state index in [1.165, 1.54) is 6.92 Å². The van der Waals surface area contributed by atoms with Crippen molar-refractivity contribution >= 4 is 0 Å². The van der Waals surface area contributed by atoms with Crippen molar-refractivity contribution < 1.29 is 18.3 Å². The van der Waals surface area contributed by atoms with Crippen LogP contribution in [0.4, 0.5) is 13.2 Å². The standard InChI is InChI=1S/C5H12O.C4H7F3.C2H6/c1-3-4-5(2)6;1-2-3-4(5,6)7;1-2/h5-6H,3-4H2,1-2H3;2-3H2,1H3;1-2H3. The molecule has 0 rings (SSSR count). The lowest BCUT2D eigenvalue weighted by molar-refractivity contribution is -0.134. The quantitative estimate of drug-likeness (QED) is 0.754. The van der Waals surface area contributed by atoms with Crippen molar-refractivity contribution in [2.75, 3.05) is 0 Å². The summed E-state index contributed by atoms with van der Waals surface area (Å²) < 4.78 is 33.2. The SMILES string of the molecule is CC.CCCC(C)O.CCCC(F)(F)F. The number of halogens is 3. The highest BCUT2D eigenvalue weighted by Gasteiger charge is 2.24. The summed E-state index contributed by atoms with van der Waals surface area (Å²) in [6.07, 6.45) is -2.52. The third kappa shape index (κ3) is 41.7. The van der Waals surface area contributed by atoms with E-state index in [-0.39, 0.29) is 12.5 Å². The largest absolute Gasteiger partial charge is 0.393 e. The predicted molar refractivity (Wildman–Crippen MR) is 58.9 cm³/mol. The Morgan fingerprint density at radius 2 is 1.47 bits per heavy atom. The Balaban J connectivity index is -0.000000166. The minimum atomic E-state index is -3.95. The van der Waals surface area contributed by atoms with Gasteiger partial charge in [0.25, 0.3) is 0 Å². The van der Waals surface area contributed by atoms with Crippen LogP contribution in [-0.2, 0) is 0 Å². The second kappa shape index (κ2) is 13.8. The van der Waals surface area contributed by atoms with Crippen LogP contribution in [0.5, 0.6) is 0 Å². The molecule has 0 spiro atoms. The molecular weight excluding hydrogens is 205 g/mol. The smallest absolute Gasteiger partial charge is 0.389 e. The lowest BCUT2D eigenvalue weighted by Gasteiger charge is -2.00. The molecule has 0 bridgehead atoms. The van der Waals surface area contributed by atoms with Gasteiger partial charge in [0.15, 0.2) is 0 Å². The van der Waals surface area contributed by atoms with Gasteiger partial charge in [-0.05, 0) is 19.8 Å². The van der Waals surface area contributed by atoms with Crippen LogP contribution in [0.15, 0.2) is 0 Å². The third-order valence-electron chi connectivity index (χ3n) is 1.24. The van der Waals surface area contributed by atoms with Crippen molar-refractivity contribution in [1.29, 1.82) is 0 Å². The summed E-state index contributed by atoms with van der Waals surface area (Å²) in [5, 5.41) is 8.55. The molecule has 0 aromatic rings. The molecule has 1 unspecified atom stereocenters. The highest BCUT2D eigenvalue weighted by molar-refractivity contribution is 4.44. The van der Waals surface area contributed by atoms with E-state index in [2.05, 4.69) is 6.92 Å². The van der Waals surface area contributed by atoms with Gasteiger partial charge in [-0.3, -0.25) is 0 Å². The van der Waals surface area contributed by atoms with Gasteiger partial charge in [0.05, 0.1) is 6.10 Å². The van der Waals surface area contributed by atoms with E-state index in [0.29, 0.717) is 0 Å². The van der Waals surface area contributed by atoms with Crippen LogP contribution >= 0.6 is 0 Å². The maximum absolute atomic E-state index is 11.1. The molecule has 4 heteroatoms. The topological polar surface area (TPSA) is 20.2 Å². The summed E-state index contributed by atoms with van der Waals surface area (Å²) in [4.78, 5) is 0. The Hall–Kier alpha value is -0.250. The molecule has 0 aliphatic heterocycles. The zero-order chi connectivity index (χ0) is 12.9. The fourth-order valence-corrected chi connectivity index (χ4v) is 0.701. The molecule has 0 aliphatic carbocycles. The van der Waals surface area contributed by atoms with Crippen molar-refractivity contribution in [3.05, 3.63) is 0 Å². The van der Waals surface area contributed by atoms with E-state index in [4.69, 9.17) is 5.11 Å². The van der Waals surface area contributed by atoms with Gasteiger partial charge in [0.1, 0.15) is 0 Å². The van der Waals surface area contributed by atoms with Gasteiger partial charge < -0.3 is 5.11 Å². The lowest BCUT2D eigenvalue weighted by Crippen LogP contribution is -2.04. The first-order valence-corrected chi connectivity index (χ1v) is 5.58. The molecule has 0 fully saturated rings.